The summed E-state index contributed by atoms with van der Waals surface area (Å²) in [5.74, 6) is -22.9. The van der Waals surface area contributed by atoms with Crippen LogP contribution in [0.3, 0.4) is 0 Å². The van der Waals surface area contributed by atoms with Crippen LogP contribution in [0, 0.1) is 0 Å². The van der Waals surface area contributed by atoms with Crippen LogP contribution in [0.15, 0.2) is 0 Å². The van der Waals surface area contributed by atoms with Crippen LogP contribution in [0.2, 0.25) is 0 Å². The van der Waals surface area contributed by atoms with Crippen molar-refractivity contribution in [1.82, 2.24) is 9.62 Å². The Morgan fingerprint density at radius 3 is 1.93 bits per heavy atom. The van der Waals surface area contributed by atoms with Gasteiger partial charge in [-0.1, -0.05) is 0 Å². The highest BCUT2D eigenvalue weighted by atomic mass is 32.2. The number of nitrogens with one attached hydrogen (secondary N) is 1. The first-order valence-electron chi connectivity index (χ1n) is 7.35. The molecular weight excluding hydrogens is 439 g/mol. The highest BCUT2D eigenvalue weighted by molar-refractivity contribution is 7.89. The minimum absolute atomic E-state index is 0.0261. The molecule has 0 saturated carbocycles. The molecule has 16 heteroatoms. The molecule has 0 aromatic rings. The molecule has 0 aliphatic carbocycles. The Kier molecular flexibility index (Phi) is 8.61. The van der Waals surface area contributed by atoms with Crippen LogP contribution in [0.4, 0.5) is 39.5 Å². The van der Waals surface area contributed by atoms with E-state index >= 15 is 0 Å². The maximum Gasteiger partial charge on any atom is 0.460 e. The van der Waals surface area contributed by atoms with Crippen LogP contribution < -0.4 is 4.72 Å². The summed E-state index contributed by atoms with van der Waals surface area (Å²) in [7, 11) is -3.33. The summed E-state index contributed by atoms with van der Waals surface area (Å²) in [4.78, 5) is 11.6. The second-order valence-electron chi connectivity index (χ2n) is 5.80. The standard InChI is InChI=1S/C12H17F9N2O4S/c1-23(7-8(24)25)5-2-4-22-28(26,27)6-3-9(13,14)10(15,16)11(17,18)12(19,20)21/h22H,2-7H2,1H3,(H,24,25). The topological polar surface area (TPSA) is 86.7 Å². The molecule has 0 atom stereocenters. The van der Waals surface area contributed by atoms with Gasteiger partial charge in [0.2, 0.25) is 10.0 Å². The molecule has 0 unspecified atom stereocenters. The van der Waals surface area contributed by atoms with Gasteiger partial charge in [-0.15, -0.1) is 0 Å². The first kappa shape index (κ1) is 26.7. The number of carboxylic acids is 1. The highest BCUT2D eigenvalue weighted by Crippen LogP contribution is 2.54. The molecule has 2 N–H and O–H groups in total. The van der Waals surface area contributed by atoms with Gasteiger partial charge in [-0.25, -0.2) is 13.1 Å². The van der Waals surface area contributed by atoms with Crippen LogP contribution >= 0.6 is 0 Å². The van der Waals surface area contributed by atoms with Crippen molar-refractivity contribution in [3.63, 3.8) is 0 Å². The summed E-state index contributed by atoms with van der Waals surface area (Å²) in [5, 5.41) is 8.48. The van der Waals surface area contributed by atoms with Gasteiger partial charge in [0.25, 0.3) is 0 Å². The lowest BCUT2D eigenvalue weighted by Crippen LogP contribution is -2.61. The summed E-state index contributed by atoms with van der Waals surface area (Å²) in [6.45, 7) is -0.782. The molecule has 6 nitrogen and oxygen atoms in total. The van der Waals surface area contributed by atoms with E-state index in [0.29, 0.717) is 0 Å². The van der Waals surface area contributed by atoms with Crippen molar-refractivity contribution < 1.29 is 57.8 Å². The SMILES string of the molecule is CN(CCCNS(=O)(=O)CCC(F)(F)C(F)(F)C(F)(F)C(F)(F)F)CC(=O)O. The van der Waals surface area contributed by atoms with E-state index in [1.807, 2.05) is 0 Å². The number of nitrogens with zero attached hydrogens (tertiary/aromatic N) is 1. The number of hydrogen-bond donors (Lipinski definition) is 2. The number of sulfonamides is 1. The van der Waals surface area contributed by atoms with Crippen molar-refractivity contribution in [1.29, 1.82) is 0 Å². The molecule has 0 aromatic heterocycles. The summed E-state index contributed by atoms with van der Waals surface area (Å²) >= 11 is 0. The minimum Gasteiger partial charge on any atom is -0.480 e. The van der Waals surface area contributed by atoms with Crippen molar-refractivity contribution in [2.24, 2.45) is 0 Å². The van der Waals surface area contributed by atoms with E-state index in [4.69, 9.17) is 5.11 Å². The number of carbonyl (C=O) groups is 1. The number of likely N-dealkylation sites (N-methyl/N-ethyl adjacent to an activating group) is 1. The molecule has 0 aliphatic heterocycles. The Morgan fingerprint density at radius 2 is 1.50 bits per heavy atom. The van der Waals surface area contributed by atoms with Gasteiger partial charge in [0.1, 0.15) is 0 Å². The van der Waals surface area contributed by atoms with Crippen molar-refractivity contribution in [3.05, 3.63) is 0 Å². The predicted molar refractivity (Wildman–Crippen MR) is 77.1 cm³/mol. The van der Waals surface area contributed by atoms with Gasteiger partial charge < -0.3 is 5.11 Å². The first-order chi connectivity index (χ1) is 12.3. The molecule has 0 rings (SSSR count). The lowest BCUT2D eigenvalue weighted by molar-refractivity contribution is -0.396. The maximum absolute atomic E-state index is 13.3. The monoisotopic (exact) mass is 456 g/mol. The molecule has 0 fully saturated rings. The minimum atomic E-state index is -7.07. The van der Waals surface area contributed by atoms with E-state index in [-0.39, 0.29) is 19.5 Å². The van der Waals surface area contributed by atoms with Crippen LogP contribution in [-0.4, -0.2) is 80.8 Å². The van der Waals surface area contributed by atoms with Gasteiger partial charge in [-0.3, -0.25) is 9.69 Å². The second kappa shape index (κ2) is 9.02. The third-order valence-electron chi connectivity index (χ3n) is 3.34. The molecule has 28 heavy (non-hydrogen) atoms. The average Bonchev–Trinajstić information content (AvgIpc) is 2.48. The number of hydrogen-bond acceptors (Lipinski definition) is 4. The third-order valence-corrected chi connectivity index (χ3v) is 4.72. The fourth-order valence-electron chi connectivity index (χ4n) is 1.79. The zero-order chi connectivity index (χ0) is 22.6. The largest absolute Gasteiger partial charge is 0.480 e. The Hall–Kier alpha value is -1.29. The van der Waals surface area contributed by atoms with Crippen LogP contribution in [0.5, 0.6) is 0 Å². The van der Waals surface area contributed by atoms with Crippen molar-refractivity contribution in [2.45, 2.75) is 36.8 Å². The molecule has 0 spiro atoms. The average molecular weight is 456 g/mol. The lowest BCUT2D eigenvalue weighted by atomic mass is 10.0. The smallest absolute Gasteiger partial charge is 0.460 e. The van der Waals surface area contributed by atoms with Gasteiger partial charge in [-0.05, 0) is 20.0 Å². The highest BCUT2D eigenvalue weighted by Gasteiger charge is 2.81. The Balaban J connectivity index is 4.81. The van der Waals surface area contributed by atoms with Gasteiger partial charge in [0.15, 0.2) is 0 Å². The van der Waals surface area contributed by atoms with Crippen LogP contribution in [0.1, 0.15) is 12.8 Å². The van der Waals surface area contributed by atoms with Crippen molar-refractivity contribution >= 4 is 16.0 Å². The number of alkyl halides is 9. The number of rotatable bonds is 12. The lowest BCUT2D eigenvalue weighted by Gasteiger charge is -2.33. The van der Waals surface area contributed by atoms with E-state index in [9.17, 15) is 52.7 Å². The summed E-state index contributed by atoms with van der Waals surface area (Å²) in [5.41, 5.74) is 0. The van der Waals surface area contributed by atoms with Crippen molar-refractivity contribution in [2.75, 3.05) is 32.4 Å². The fraction of sp³-hybridized carbons (Fsp3) is 0.917. The van der Waals surface area contributed by atoms with Crippen LogP contribution in [0.25, 0.3) is 0 Å². The summed E-state index contributed by atoms with van der Waals surface area (Å²) < 4.78 is 138. The van der Waals surface area contributed by atoms with Gasteiger partial charge in [0.05, 0.1) is 12.3 Å². The normalized spacial score (nSPS) is 14.5. The predicted octanol–water partition coefficient (Wildman–Crippen LogP) is 2.17. The third kappa shape index (κ3) is 6.95. The maximum atomic E-state index is 13.3. The Bertz CT molecular complexity index is 637. The molecular formula is C12H17F9N2O4S. The second-order valence-corrected chi connectivity index (χ2v) is 7.73. The van der Waals surface area contributed by atoms with E-state index in [1.165, 1.54) is 11.9 Å². The Morgan fingerprint density at radius 1 is 1.00 bits per heavy atom. The molecule has 0 heterocycles. The molecule has 0 aromatic carbocycles. The van der Waals surface area contributed by atoms with E-state index < -0.39 is 58.7 Å². The van der Waals surface area contributed by atoms with Crippen molar-refractivity contribution in [3.8, 4) is 0 Å². The van der Waals surface area contributed by atoms with E-state index in [2.05, 4.69) is 0 Å². The number of halogens is 9. The quantitative estimate of drug-likeness (QED) is 0.347. The number of carboxylic acid groups (broad SMARTS) is 1. The molecule has 168 valence electrons. The molecule has 0 radical (unpaired) electrons. The summed E-state index contributed by atoms with van der Waals surface area (Å²) in [6.07, 6.45) is -9.49. The fourth-order valence-corrected chi connectivity index (χ4v) is 2.91. The molecule has 0 aliphatic rings. The van der Waals surface area contributed by atoms with E-state index in [0.717, 1.165) is 0 Å². The van der Waals surface area contributed by atoms with Gasteiger partial charge in [0, 0.05) is 13.0 Å². The Labute approximate surface area is 153 Å². The summed E-state index contributed by atoms with van der Waals surface area (Å²) in [6, 6.07) is 0. The molecule has 0 bridgehead atoms. The van der Waals surface area contributed by atoms with Crippen LogP contribution in [-0.2, 0) is 14.8 Å². The zero-order valence-electron chi connectivity index (χ0n) is 14.2. The molecule has 0 amide bonds. The first-order valence-corrected chi connectivity index (χ1v) is 9.00. The van der Waals surface area contributed by atoms with E-state index in [1.54, 1.807) is 4.72 Å². The molecule has 0 saturated heterocycles. The number of aliphatic carboxylic acids is 1. The van der Waals surface area contributed by atoms with Gasteiger partial charge in [-0.2, -0.15) is 39.5 Å². The zero-order valence-corrected chi connectivity index (χ0v) is 15.0. The van der Waals surface area contributed by atoms with Gasteiger partial charge >= 0.3 is 29.9 Å².